The number of allylic oxidation sites excluding steroid dienone is 1. The number of rotatable bonds is 6. The van der Waals surface area contributed by atoms with Crippen molar-refractivity contribution < 1.29 is 0 Å². The molecule has 0 N–H and O–H groups in total. The summed E-state index contributed by atoms with van der Waals surface area (Å²) in [7, 11) is 0. The Balaban J connectivity index is 1.03. The quantitative estimate of drug-likeness (QED) is 0.166. The summed E-state index contributed by atoms with van der Waals surface area (Å²) in [6.07, 6.45) is 5.64. The molecule has 3 aromatic heterocycles. The average Bonchev–Trinajstić information content (AvgIpc) is 3.93. The lowest BCUT2D eigenvalue weighted by Gasteiger charge is -2.27. The van der Waals surface area contributed by atoms with E-state index in [9.17, 15) is 0 Å². The molecule has 1 aliphatic carbocycles. The minimum atomic E-state index is 0.243. The molecule has 0 aliphatic heterocycles. The minimum Gasteiger partial charge on any atom is -0.310 e. The normalized spacial score (nSPS) is 14.0. The summed E-state index contributed by atoms with van der Waals surface area (Å²) in [6.45, 7) is 0. The van der Waals surface area contributed by atoms with Crippen LogP contribution in [-0.4, -0.2) is 8.97 Å². The fourth-order valence-electron chi connectivity index (χ4n) is 9.71. The van der Waals surface area contributed by atoms with Crippen LogP contribution in [0.3, 0.4) is 0 Å². The summed E-state index contributed by atoms with van der Waals surface area (Å²) in [5.74, 6) is 0.243. The molecule has 0 radical (unpaired) electrons. The van der Waals surface area contributed by atoms with Gasteiger partial charge >= 0.3 is 0 Å². The number of anilines is 3. The van der Waals surface area contributed by atoms with E-state index in [1.165, 1.54) is 82.6 Å². The number of aromatic nitrogens is 2. The molecule has 11 aromatic rings. The van der Waals surface area contributed by atoms with E-state index in [2.05, 4.69) is 220 Å². The van der Waals surface area contributed by atoms with Crippen LogP contribution in [0.1, 0.15) is 29.2 Å². The Labute approximate surface area is 330 Å². The zero-order valence-corrected chi connectivity index (χ0v) is 31.3. The van der Waals surface area contributed by atoms with Gasteiger partial charge in [-0.15, -0.1) is 0 Å². The SMILES string of the molecule is C1=Cc2c(c3ccccc3n2-c2ccccc2)C(c2ccc(N(c3ccc(-c4ccccc4)cc3)c3cc4c5ccccc5n5c6ccccc6c(c3)c45)cc2)C1. The van der Waals surface area contributed by atoms with Crippen LogP contribution in [0.2, 0.25) is 0 Å². The molecule has 3 heterocycles. The van der Waals surface area contributed by atoms with E-state index in [0.29, 0.717) is 0 Å². The fraction of sp³-hybridized carbons (Fsp3) is 0.0370. The molecule has 1 atom stereocenters. The first-order valence-electron chi connectivity index (χ1n) is 19.9. The van der Waals surface area contributed by atoms with Crippen LogP contribution in [0.25, 0.3) is 71.9 Å². The van der Waals surface area contributed by atoms with E-state index >= 15 is 0 Å². The lowest BCUT2D eigenvalue weighted by molar-refractivity contribution is 0.819. The summed E-state index contributed by atoms with van der Waals surface area (Å²) in [5, 5.41) is 6.41. The van der Waals surface area contributed by atoms with Crippen molar-refractivity contribution in [2.45, 2.75) is 12.3 Å². The Morgan fingerprint density at radius 1 is 0.439 bits per heavy atom. The lowest BCUT2D eigenvalue weighted by atomic mass is 9.83. The smallest absolute Gasteiger partial charge is 0.0622 e. The molecular formula is C54H37N3. The highest BCUT2D eigenvalue weighted by atomic mass is 15.1. The zero-order valence-electron chi connectivity index (χ0n) is 31.3. The van der Waals surface area contributed by atoms with Gasteiger partial charge in [-0.1, -0.05) is 133 Å². The molecule has 0 spiro atoms. The molecule has 0 saturated carbocycles. The van der Waals surface area contributed by atoms with Crippen molar-refractivity contribution in [3.05, 3.63) is 217 Å². The molecule has 3 heteroatoms. The van der Waals surface area contributed by atoms with Gasteiger partial charge in [-0.3, -0.25) is 0 Å². The van der Waals surface area contributed by atoms with Gasteiger partial charge in [0.2, 0.25) is 0 Å². The van der Waals surface area contributed by atoms with Crippen LogP contribution in [0.5, 0.6) is 0 Å². The van der Waals surface area contributed by atoms with Crippen molar-refractivity contribution in [2.75, 3.05) is 4.90 Å². The van der Waals surface area contributed by atoms with Crippen LogP contribution >= 0.6 is 0 Å². The van der Waals surface area contributed by atoms with Crippen LogP contribution in [0, 0.1) is 0 Å². The highest BCUT2D eigenvalue weighted by Crippen LogP contribution is 2.47. The molecule has 0 fully saturated rings. The Bertz CT molecular complexity index is 3210. The third kappa shape index (κ3) is 4.85. The van der Waals surface area contributed by atoms with Crippen LogP contribution in [0.15, 0.2) is 200 Å². The maximum Gasteiger partial charge on any atom is 0.0622 e. The summed E-state index contributed by atoms with van der Waals surface area (Å²) in [4.78, 5) is 2.44. The average molecular weight is 728 g/mol. The summed E-state index contributed by atoms with van der Waals surface area (Å²) < 4.78 is 4.88. The van der Waals surface area contributed by atoms with Gasteiger partial charge < -0.3 is 13.9 Å². The molecule has 12 rings (SSSR count). The van der Waals surface area contributed by atoms with E-state index in [1.807, 2.05) is 0 Å². The predicted octanol–water partition coefficient (Wildman–Crippen LogP) is 14.5. The van der Waals surface area contributed by atoms with Crippen molar-refractivity contribution in [1.29, 1.82) is 0 Å². The molecule has 1 aliphatic rings. The van der Waals surface area contributed by atoms with Gasteiger partial charge in [0, 0.05) is 55.6 Å². The standard InChI is InChI=1S/C54H37N3/c1-3-14-36(15-4-1)37-26-30-40(31-27-37)55(42-34-47-44-18-7-10-22-49(44)57-50-23-11-8-19-45(50)48(35-42)54(47)57)41-32-28-38(29-33-41)43-21-13-25-52-53(43)46-20-9-12-24-51(46)56(52)39-16-5-2-6-17-39/h1-20,22-35,43H,21H2. The van der Waals surface area contributed by atoms with Crippen molar-refractivity contribution >= 4 is 72.1 Å². The number of fused-ring (bicyclic) bond motifs is 9. The third-order valence-electron chi connectivity index (χ3n) is 12.2. The van der Waals surface area contributed by atoms with Gasteiger partial charge in [-0.25, -0.2) is 0 Å². The Morgan fingerprint density at radius 2 is 0.965 bits per heavy atom. The molecule has 57 heavy (non-hydrogen) atoms. The van der Waals surface area contributed by atoms with Crippen molar-refractivity contribution in [1.82, 2.24) is 8.97 Å². The number of benzene rings is 8. The number of para-hydroxylation sites is 4. The molecule has 268 valence electrons. The van der Waals surface area contributed by atoms with Crippen LogP contribution < -0.4 is 4.90 Å². The lowest BCUT2D eigenvalue weighted by Crippen LogP contribution is -2.11. The zero-order chi connectivity index (χ0) is 37.5. The van der Waals surface area contributed by atoms with Crippen LogP contribution in [0.4, 0.5) is 17.1 Å². The van der Waals surface area contributed by atoms with E-state index in [4.69, 9.17) is 0 Å². The van der Waals surface area contributed by atoms with E-state index in [0.717, 1.165) is 23.5 Å². The second-order valence-electron chi connectivity index (χ2n) is 15.3. The fourth-order valence-corrected chi connectivity index (χ4v) is 9.71. The summed E-state index contributed by atoms with van der Waals surface area (Å²) >= 11 is 0. The van der Waals surface area contributed by atoms with E-state index in [-0.39, 0.29) is 5.92 Å². The molecule has 0 bridgehead atoms. The molecule has 3 nitrogen and oxygen atoms in total. The van der Waals surface area contributed by atoms with E-state index < -0.39 is 0 Å². The van der Waals surface area contributed by atoms with Gasteiger partial charge in [0.15, 0.2) is 0 Å². The first-order valence-corrected chi connectivity index (χ1v) is 19.9. The monoisotopic (exact) mass is 727 g/mol. The minimum absolute atomic E-state index is 0.243. The highest BCUT2D eigenvalue weighted by molar-refractivity contribution is 6.24. The molecule has 8 aromatic carbocycles. The summed E-state index contributed by atoms with van der Waals surface area (Å²) in [5.41, 5.74) is 16.0. The third-order valence-corrected chi connectivity index (χ3v) is 12.2. The van der Waals surface area contributed by atoms with Gasteiger partial charge in [0.1, 0.15) is 0 Å². The number of hydrogen-bond donors (Lipinski definition) is 0. The second-order valence-corrected chi connectivity index (χ2v) is 15.3. The van der Waals surface area contributed by atoms with Crippen molar-refractivity contribution in [2.24, 2.45) is 0 Å². The van der Waals surface area contributed by atoms with Gasteiger partial charge in [-0.2, -0.15) is 0 Å². The van der Waals surface area contributed by atoms with Crippen LogP contribution in [-0.2, 0) is 0 Å². The largest absolute Gasteiger partial charge is 0.310 e. The molecular weight excluding hydrogens is 691 g/mol. The number of nitrogens with zero attached hydrogens (tertiary/aromatic N) is 3. The Morgan fingerprint density at radius 3 is 1.61 bits per heavy atom. The highest BCUT2D eigenvalue weighted by Gasteiger charge is 2.27. The predicted molar refractivity (Wildman–Crippen MR) is 240 cm³/mol. The molecule has 1 unspecified atom stereocenters. The van der Waals surface area contributed by atoms with Gasteiger partial charge in [-0.05, 0) is 101 Å². The topological polar surface area (TPSA) is 12.6 Å². The molecule has 0 saturated heterocycles. The maximum absolute atomic E-state index is 2.45. The van der Waals surface area contributed by atoms with Crippen molar-refractivity contribution in [3.8, 4) is 16.8 Å². The van der Waals surface area contributed by atoms with E-state index in [1.54, 1.807) is 0 Å². The van der Waals surface area contributed by atoms with Crippen molar-refractivity contribution in [3.63, 3.8) is 0 Å². The Hall–Kier alpha value is -7.36. The summed E-state index contributed by atoms with van der Waals surface area (Å²) in [6, 6.07) is 71.2. The molecule has 0 amide bonds. The van der Waals surface area contributed by atoms with Gasteiger partial charge in [0.25, 0.3) is 0 Å². The number of hydrogen-bond acceptors (Lipinski definition) is 1. The first-order chi connectivity index (χ1) is 28.3. The second kappa shape index (κ2) is 12.6. The maximum atomic E-state index is 2.45. The Kier molecular flexibility index (Phi) is 7.05. The first kappa shape index (κ1) is 31.9. The van der Waals surface area contributed by atoms with Gasteiger partial charge in [0.05, 0.1) is 27.8 Å².